The summed E-state index contributed by atoms with van der Waals surface area (Å²) >= 11 is 4.67. The zero-order valence-corrected chi connectivity index (χ0v) is 24.6. The smallest absolute Gasteiger partial charge is 0.0334 e. The Morgan fingerprint density at radius 2 is 0.842 bits per heavy atom. The molecular weight excluding hydrogens is 686 g/mol. The van der Waals surface area contributed by atoms with Gasteiger partial charge in [0.1, 0.15) is 0 Å². The normalized spacial score (nSPS) is 10.5. The van der Waals surface area contributed by atoms with Crippen LogP contribution in [0.4, 0.5) is 0 Å². The number of halogens is 2. The van der Waals surface area contributed by atoms with Crippen LogP contribution in [0, 0.1) is 30.8 Å². The minimum atomic E-state index is 0.997. The van der Waals surface area contributed by atoms with Gasteiger partial charge in [0, 0.05) is 40.5 Å². The van der Waals surface area contributed by atoms with Crippen LogP contribution in [-0.2, 0) is 0 Å². The third-order valence-corrected chi connectivity index (χ3v) is 7.78. The standard InChI is InChI=1S/C36H20I2/c37-31-11-5-7-25(23-31)15-17-29-21-19-27-9-1-3-13-33(27)35(29)36-30(18-16-26-8-6-12-32(38)24-26)22-20-28-10-2-4-14-34(28)36/h1-14,19-24H. The summed E-state index contributed by atoms with van der Waals surface area (Å²) < 4.78 is 2.35. The number of hydrogen-bond donors (Lipinski definition) is 0. The van der Waals surface area contributed by atoms with E-state index in [1.807, 2.05) is 0 Å². The largest absolute Gasteiger partial charge is 0.0616 e. The molecule has 0 bridgehead atoms. The van der Waals surface area contributed by atoms with Crippen LogP contribution in [0.15, 0.2) is 121 Å². The molecule has 6 aromatic carbocycles. The van der Waals surface area contributed by atoms with Gasteiger partial charge in [0.2, 0.25) is 0 Å². The Morgan fingerprint density at radius 3 is 1.29 bits per heavy atom. The Morgan fingerprint density at radius 1 is 0.395 bits per heavy atom. The molecule has 38 heavy (non-hydrogen) atoms. The number of benzene rings is 6. The van der Waals surface area contributed by atoms with Crippen LogP contribution >= 0.6 is 45.2 Å². The molecule has 0 aliphatic rings. The lowest BCUT2D eigenvalue weighted by molar-refractivity contribution is 1.58. The molecule has 0 N–H and O–H groups in total. The molecular formula is C36H20I2. The average molecular weight is 706 g/mol. The molecule has 0 heterocycles. The molecule has 0 nitrogen and oxygen atoms in total. The molecule has 0 aromatic heterocycles. The van der Waals surface area contributed by atoms with Crippen molar-refractivity contribution in [2.24, 2.45) is 0 Å². The second-order valence-electron chi connectivity index (χ2n) is 8.94. The molecule has 0 saturated heterocycles. The first kappa shape index (κ1) is 24.7. The minimum absolute atomic E-state index is 0.997. The van der Waals surface area contributed by atoms with Crippen molar-refractivity contribution in [1.82, 2.24) is 0 Å². The van der Waals surface area contributed by atoms with E-state index < -0.39 is 0 Å². The first-order chi connectivity index (χ1) is 18.7. The lowest BCUT2D eigenvalue weighted by Gasteiger charge is -2.15. The Balaban J connectivity index is 1.66. The van der Waals surface area contributed by atoms with Crippen molar-refractivity contribution in [2.45, 2.75) is 0 Å². The van der Waals surface area contributed by atoms with E-state index in [9.17, 15) is 0 Å². The van der Waals surface area contributed by atoms with Crippen molar-refractivity contribution in [3.63, 3.8) is 0 Å². The van der Waals surface area contributed by atoms with Gasteiger partial charge in [-0.2, -0.15) is 0 Å². The van der Waals surface area contributed by atoms with Crippen molar-refractivity contribution in [1.29, 1.82) is 0 Å². The maximum atomic E-state index is 3.52. The van der Waals surface area contributed by atoms with Crippen LogP contribution in [0.2, 0.25) is 0 Å². The molecule has 6 rings (SSSR count). The van der Waals surface area contributed by atoms with Gasteiger partial charge >= 0.3 is 0 Å². The number of fused-ring (bicyclic) bond motifs is 2. The van der Waals surface area contributed by atoms with Gasteiger partial charge in [0.25, 0.3) is 0 Å². The molecule has 0 spiro atoms. The van der Waals surface area contributed by atoms with Crippen LogP contribution in [0.3, 0.4) is 0 Å². The third kappa shape index (κ3) is 5.20. The van der Waals surface area contributed by atoms with Crippen molar-refractivity contribution >= 4 is 66.7 Å². The van der Waals surface area contributed by atoms with Gasteiger partial charge in [-0.3, -0.25) is 0 Å². The SMILES string of the molecule is Ic1cccc(C#Cc2ccc3ccccc3c2-c2c(C#Cc3cccc(I)c3)ccc3ccccc23)c1. The molecule has 0 fully saturated rings. The predicted molar refractivity (Wildman–Crippen MR) is 177 cm³/mol. The summed E-state index contributed by atoms with van der Waals surface area (Å²) in [6.45, 7) is 0. The van der Waals surface area contributed by atoms with Gasteiger partial charge in [-0.1, -0.05) is 96.5 Å². The van der Waals surface area contributed by atoms with Crippen LogP contribution in [-0.4, -0.2) is 0 Å². The average Bonchev–Trinajstić information content (AvgIpc) is 2.94. The zero-order chi connectivity index (χ0) is 25.9. The van der Waals surface area contributed by atoms with E-state index in [0.29, 0.717) is 0 Å². The summed E-state index contributed by atoms with van der Waals surface area (Å²) in [4.78, 5) is 0. The number of hydrogen-bond acceptors (Lipinski definition) is 0. The van der Waals surface area contributed by atoms with E-state index in [1.54, 1.807) is 0 Å². The first-order valence-electron chi connectivity index (χ1n) is 12.2. The van der Waals surface area contributed by atoms with E-state index in [2.05, 4.69) is 190 Å². The molecule has 0 aliphatic heterocycles. The van der Waals surface area contributed by atoms with Gasteiger partial charge in [-0.05, 0) is 115 Å². The molecule has 0 saturated carbocycles. The van der Waals surface area contributed by atoms with E-state index in [-0.39, 0.29) is 0 Å². The summed E-state index contributed by atoms with van der Waals surface area (Å²) in [6.07, 6.45) is 0. The molecule has 6 aromatic rings. The Labute approximate surface area is 250 Å². The molecule has 2 heteroatoms. The van der Waals surface area contributed by atoms with E-state index in [4.69, 9.17) is 0 Å². The highest BCUT2D eigenvalue weighted by Gasteiger charge is 2.15. The third-order valence-electron chi connectivity index (χ3n) is 6.44. The highest BCUT2D eigenvalue weighted by atomic mass is 127. The monoisotopic (exact) mass is 706 g/mol. The van der Waals surface area contributed by atoms with Gasteiger partial charge < -0.3 is 0 Å². The van der Waals surface area contributed by atoms with Gasteiger partial charge in [-0.25, -0.2) is 0 Å². The van der Waals surface area contributed by atoms with Gasteiger partial charge in [0.05, 0.1) is 0 Å². The predicted octanol–water partition coefficient (Wildman–Crippen LogP) is 9.67. The fraction of sp³-hybridized carbons (Fsp3) is 0. The van der Waals surface area contributed by atoms with Crippen LogP contribution in [0.1, 0.15) is 22.3 Å². The molecule has 0 radical (unpaired) electrons. The fourth-order valence-corrected chi connectivity index (χ4v) is 5.79. The zero-order valence-electron chi connectivity index (χ0n) is 20.3. The van der Waals surface area contributed by atoms with Gasteiger partial charge in [-0.15, -0.1) is 0 Å². The second kappa shape index (κ2) is 11.0. The van der Waals surface area contributed by atoms with Crippen LogP contribution in [0.5, 0.6) is 0 Å². The van der Waals surface area contributed by atoms with Crippen molar-refractivity contribution in [2.75, 3.05) is 0 Å². The fourth-order valence-electron chi connectivity index (χ4n) is 4.70. The number of rotatable bonds is 1. The lowest BCUT2D eigenvalue weighted by Crippen LogP contribution is -1.93. The topological polar surface area (TPSA) is 0 Å². The maximum Gasteiger partial charge on any atom is 0.0334 e. The summed E-state index contributed by atoms with van der Waals surface area (Å²) in [6, 6.07) is 42.4. The maximum absolute atomic E-state index is 3.52. The van der Waals surface area contributed by atoms with Crippen LogP contribution in [0.25, 0.3) is 32.7 Å². The highest BCUT2D eigenvalue weighted by molar-refractivity contribution is 14.1. The van der Waals surface area contributed by atoms with E-state index >= 15 is 0 Å². The van der Waals surface area contributed by atoms with Crippen molar-refractivity contribution in [3.8, 4) is 34.8 Å². The second-order valence-corrected chi connectivity index (χ2v) is 11.4. The lowest BCUT2D eigenvalue weighted by atomic mass is 9.87. The van der Waals surface area contributed by atoms with Crippen molar-refractivity contribution < 1.29 is 0 Å². The molecule has 0 aliphatic carbocycles. The molecule has 178 valence electrons. The quantitative estimate of drug-likeness (QED) is 0.118. The first-order valence-corrected chi connectivity index (χ1v) is 14.4. The summed E-state index contributed by atoms with van der Waals surface area (Å²) in [5.41, 5.74) is 6.27. The molecule has 0 atom stereocenters. The van der Waals surface area contributed by atoms with Crippen LogP contribution < -0.4 is 0 Å². The van der Waals surface area contributed by atoms with E-state index in [0.717, 1.165) is 33.4 Å². The molecule has 0 amide bonds. The Bertz CT molecular complexity index is 1810. The summed E-state index contributed by atoms with van der Waals surface area (Å²) in [5, 5.41) is 4.73. The Kier molecular flexibility index (Phi) is 7.18. The highest BCUT2D eigenvalue weighted by Crippen LogP contribution is 2.38. The summed E-state index contributed by atoms with van der Waals surface area (Å²) in [5.74, 6) is 13.9. The van der Waals surface area contributed by atoms with E-state index in [1.165, 1.54) is 28.7 Å². The van der Waals surface area contributed by atoms with Gasteiger partial charge in [0.15, 0.2) is 0 Å². The van der Waals surface area contributed by atoms with Crippen molar-refractivity contribution in [3.05, 3.63) is 151 Å². The molecule has 0 unspecified atom stereocenters. The summed E-state index contributed by atoms with van der Waals surface area (Å²) in [7, 11) is 0. The Hall–Kier alpha value is -3.58. The minimum Gasteiger partial charge on any atom is -0.0616 e.